The molecule has 1 aromatic carbocycles. The molecule has 1 fully saturated rings. The second kappa shape index (κ2) is 6.91. The fourth-order valence-corrected chi connectivity index (χ4v) is 2.79. The van der Waals surface area contributed by atoms with E-state index >= 15 is 0 Å². The second-order valence-corrected chi connectivity index (χ2v) is 5.69. The van der Waals surface area contributed by atoms with E-state index in [-0.39, 0.29) is 11.7 Å². The van der Waals surface area contributed by atoms with Gasteiger partial charge in [0.25, 0.3) is 5.91 Å². The summed E-state index contributed by atoms with van der Waals surface area (Å²) in [6.45, 7) is 4.06. The first-order valence-electron chi connectivity index (χ1n) is 7.87. The van der Waals surface area contributed by atoms with Crippen molar-refractivity contribution in [2.75, 3.05) is 19.8 Å². The maximum Gasteiger partial charge on any atom is 0.254 e. The molecule has 1 aliphatic rings. The predicted molar refractivity (Wildman–Crippen MR) is 84.2 cm³/mol. The third-order valence-electron chi connectivity index (χ3n) is 4.09. The van der Waals surface area contributed by atoms with E-state index in [4.69, 9.17) is 4.74 Å². The number of rotatable bonds is 5. The van der Waals surface area contributed by atoms with E-state index in [1.807, 2.05) is 6.92 Å². The number of nitrogens with one attached hydrogen (secondary N) is 1. The fourth-order valence-electron chi connectivity index (χ4n) is 2.79. The van der Waals surface area contributed by atoms with Crippen molar-refractivity contribution >= 4 is 5.91 Å². The number of ether oxygens (including phenoxy) is 1. The van der Waals surface area contributed by atoms with Crippen LogP contribution in [0.5, 0.6) is 0 Å². The van der Waals surface area contributed by atoms with Gasteiger partial charge in [0.05, 0.1) is 29.7 Å². The lowest BCUT2D eigenvalue weighted by atomic mass is 10.1. The molecule has 23 heavy (non-hydrogen) atoms. The highest BCUT2D eigenvalue weighted by molar-refractivity contribution is 5.95. The van der Waals surface area contributed by atoms with E-state index in [0.717, 1.165) is 24.4 Å². The van der Waals surface area contributed by atoms with Crippen molar-refractivity contribution in [2.45, 2.75) is 19.8 Å². The Kier molecular flexibility index (Phi) is 4.71. The lowest BCUT2D eigenvalue weighted by Crippen LogP contribution is -2.30. The molecule has 1 saturated heterocycles. The zero-order chi connectivity index (χ0) is 16.2. The highest BCUT2D eigenvalue weighted by atomic mass is 19.1. The van der Waals surface area contributed by atoms with Crippen LogP contribution in [0.25, 0.3) is 5.69 Å². The third kappa shape index (κ3) is 3.42. The van der Waals surface area contributed by atoms with Crippen LogP contribution in [0.1, 0.15) is 29.4 Å². The van der Waals surface area contributed by atoms with E-state index < -0.39 is 0 Å². The van der Waals surface area contributed by atoms with E-state index in [1.54, 1.807) is 23.0 Å². The number of amides is 1. The smallest absolute Gasteiger partial charge is 0.254 e. The molecule has 6 heteroatoms. The fraction of sp³-hybridized carbons (Fsp3) is 0.412. The summed E-state index contributed by atoms with van der Waals surface area (Å²) in [6.07, 6.45) is 3.21. The first-order chi connectivity index (χ1) is 11.2. The van der Waals surface area contributed by atoms with Gasteiger partial charge in [0.1, 0.15) is 5.82 Å². The highest BCUT2D eigenvalue weighted by Crippen LogP contribution is 2.17. The third-order valence-corrected chi connectivity index (χ3v) is 4.09. The van der Waals surface area contributed by atoms with Crippen molar-refractivity contribution in [2.24, 2.45) is 5.92 Å². The summed E-state index contributed by atoms with van der Waals surface area (Å²) in [4.78, 5) is 12.4. The summed E-state index contributed by atoms with van der Waals surface area (Å²) in [5, 5.41) is 7.25. The minimum atomic E-state index is -0.296. The summed E-state index contributed by atoms with van der Waals surface area (Å²) in [6, 6.07) is 6.07. The highest BCUT2D eigenvalue weighted by Gasteiger charge is 2.20. The van der Waals surface area contributed by atoms with Crippen LogP contribution in [0.2, 0.25) is 0 Å². The van der Waals surface area contributed by atoms with Crippen molar-refractivity contribution in [1.29, 1.82) is 0 Å². The van der Waals surface area contributed by atoms with Gasteiger partial charge < -0.3 is 10.1 Å². The van der Waals surface area contributed by atoms with Crippen LogP contribution < -0.4 is 5.32 Å². The molecular formula is C17H20FN3O2. The van der Waals surface area contributed by atoms with E-state index in [1.165, 1.54) is 12.1 Å². The Labute approximate surface area is 134 Å². The summed E-state index contributed by atoms with van der Waals surface area (Å²) in [5.41, 5.74) is 2.12. The molecule has 1 N–H and O–H groups in total. The molecule has 0 spiro atoms. The average molecular weight is 317 g/mol. The summed E-state index contributed by atoms with van der Waals surface area (Å²) < 4.78 is 20.1. The molecule has 2 heterocycles. The van der Waals surface area contributed by atoms with Crippen LogP contribution in [-0.2, 0) is 11.2 Å². The molecule has 0 radical (unpaired) electrons. The number of aromatic nitrogens is 2. The maximum absolute atomic E-state index is 13.1. The van der Waals surface area contributed by atoms with Crippen LogP contribution in [0.3, 0.4) is 0 Å². The number of hydrogen-bond donors (Lipinski definition) is 1. The number of carbonyl (C=O) groups excluding carboxylic acids is 1. The Morgan fingerprint density at radius 1 is 1.43 bits per heavy atom. The minimum Gasteiger partial charge on any atom is -0.381 e. The van der Waals surface area contributed by atoms with Crippen LogP contribution in [0, 0.1) is 11.7 Å². The molecule has 1 amide bonds. The SMILES string of the molecule is CCc1c(C(=O)NC[C@H]2CCOC2)cnn1-c1ccc(F)cc1. The van der Waals surface area contributed by atoms with Crippen molar-refractivity contribution < 1.29 is 13.9 Å². The number of nitrogens with zero attached hydrogens (tertiary/aromatic N) is 2. The predicted octanol–water partition coefficient (Wildman–Crippen LogP) is 2.34. The molecule has 0 aliphatic carbocycles. The molecule has 0 saturated carbocycles. The monoisotopic (exact) mass is 317 g/mol. The quantitative estimate of drug-likeness (QED) is 0.921. The molecular weight excluding hydrogens is 297 g/mol. The van der Waals surface area contributed by atoms with Crippen LogP contribution in [-0.4, -0.2) is 35.4 Å². The van der Waals surface area contributed by atoms with Gasteiger partial charge in [-0.25, -0.2) is 9.07 Å². The van der Waals surface area contributed by atoms with Crippen molar-refractivity contribution in [3.8, 4) is 5.69 Å². The Bertz CT molecular complexity index is 676. The molecule has 0 bridgehead atoms. The van der Waals surface area contributed by atoms with Crippen molar-refractivity contribution in [3.05, 3.63) is 47.5 Å². The van der Waals surface area contributed by atoms with Gasteiger partial charge in [0, 0.05) is 19.1 Å². The number of halogens is 1. The molecule has 1 aromatic heterocycles. The zero-order valence-electron chi connectivity index (χ0n) is 13.1. The Morgan fingerprint density at radius 2 is 2.22 bits per heavy atom. The Balaban J connectivity index is 1.77. The topological polar surface area (TPSA) is 56.1 Å². The minimum absolute atomic E-state index is 0.123. The van der Waals surface area contributed by atoms with Gasteiger partial charge >= 0.3 is 0 Å². The number of hydrogen-bond acceptors (Lipinski definition) is 3. The van der Waals surface area contributed by atoms with Gasteiger partial charge in [-0.3, -0.25) is 4.79 Å². The summed E-state index contributed by atoms with van der Waals surface area (Å²) in [7, 11) is 0. The first kappa shape index (κ1) is 15.7. The maximum atomic E-state index is 13.1. The van der Waals surface area contributed by atoms with Gasteiger partial charge in [0.2, 0.25) is 0 Å². The summed E-state index contributed by atoms with van der Waals surface area (Å²) >= 11 is 0. The molecule has 1 aliphatic heterocycles. The zero-order valence-corrected chi connectivity index (χ0v) is 13.1. The number of carbonyl (C=O) groups is 1. The van der Waals surface area contributed by atoms with Crippen molar-refractivity contribution in [3.63, 3.8) is 0 Å². The Morgan fingerprint density at radius 3 is 2.87 bits per heavy atom. The molecule has 2 aromatic rings. The standard InChI is InChI=1S/C17H20FN3O2/c1-2-16-15(17(22)19-9-12-7-8-23-11-12)10-20-21(16)14-5-3-13(18)4-6-14/h3-6,10,12H,2,7-9,11H2,1H3,(H,19,22)/t12-/m1/s1. The average Bonchev–Trinajstić information content (AvgIpc) is 3.22. The second-order valence-electron chi connectivity index (χ2n) is 5.69. The lowest BCUT2D eigenvalue weighted by molar-refractivity contribution is 0.0944. The molecule has 1 atom stereocenters. The molecule has 3 rings (SSSR count). The molecule has 0 unspecified atom stereocenters. The van der Waals surface area contributed by atoms with E-state index in [2.05, 4.69) is 10.4 Å². The Hall–Kier alpha value is -2.21. The molecule has 5 nitrogen and oxygen atoms in total. The molecule has 122 valence electrons. The summed E-state index contributed by atoms with van der Waals surface area (Å²) in [5.74, 6) is -0.0333. The van der Waals surface area contributed by atoms with Crippen LogP contribution in [0.4, 0.5) is 4.39 Å². The van der Waals surface area contributed by atoms with Gasteiger partial charge in [-0.2, -0.15) is 5.10 Å². The number of benzene rings is 1. The van der Waals surface area contributed by atoms with Crippen LogP contribution in [0.15, 0.2) is 30.5 Å². The van der Waals surface area contributed by atoms with E-state index in [9.17, 15) is 9.18 Å². The largest absolute Gasteiger partial charge is 0.381 e. The van der Waals surface area contributed by atoms with Crippen molar-refractivity contribution in [1.82, 2.24) is 15.1 Å². The van der Waals surface area contributed by atoms with Crippen LogP contribution >= 0.6 is 0 Å². The first-order valence-corrected chi connectivity index (χ1v) is 7.87. The van der Waals surface area contributed by atoms with Gasteiger partial charge in [0.15, 0.2) is 0 Å². The van der Waals surface area contributed by atoms with Gasteiger partial charge in [-0.05, 0) is 37.1 Å². The van der Waals surface area contributed by atoms with Gasteiger partial charge in [-0.15, -0.1) is 0 Å². The normalized spacial score (nSPS) is 17.4. The van der Waals surface area contributed by atoms with E-state index in [0.29, 0.717) is 31.1 Å². The lowest BCUT2D eigenvalue weighted by Gasteiger charge is -2.10. The van der Waals surface area contributed by atoms with Gasteiger partial charge in [-0.1, -0.05) is 6.92 Å².